The predicted octanol–water partition coefficient (Wildman–Crippen LogP) is 0.331. The summed E-state index contributed by atoms with van der Waals surface area (Å²) in [5.74, 6) is -0.0198. The second kappa shape index (κ2) is 5.85. The highest BCUT2D eigenvalue weighted by molar-refractivity contribution is 6.01. The first-order valence-corrected chi connectivity index (χ1v) is 8.41. The van der Waals surface area contributed by atoms with Gasteiger partial charge in [-0.2, -0.15) is 0 Å². The summed E-state index contributed by atoms with van der Waals surface area (Å²) in [4.78, 5) is 28.8. The molecule has 6 nitrogen and oxygen atoms in total. The highest BCUT2D eigenvalue weighted by Gasteiger charge is 2.37. The molecule has 0 saturated carbocycles. The zero-order valence-electron chi connectivity index (χ0n) is 13.2. The number of anilines is 1. The van der Waals surface area contributed by atoms with E-state index in [9.17, 15) is 9.59 Å². The van der Waals surface area contributed by atoms with E-state index in [1.165, 1.54) is 5.69 Å². The van der Waals surface area contributed by atoms with Crippen LogP contribution in [0, 0.1) is 0 Å². The number of amides is 2. The fourth-order valence-electron chi connectivity index (χ4n) is 3.75. The van der Waals surface area contributed by atoms with Crippen molar-refractivity contribution in [2.24, 2.45) is 0 Å². The number of fused-ring (bicyclic) bond motifs is 1. The molecule has 1 unspecified atom stereocenters. The number of nitrogens with zero attached hydrogens (tertiary/aromatic N) is 2. The van der Waals surface area contributed by atoms with Crippen molar-refractivity contribution in [3.05, 3.63) is 29.3 Å². The molecule has 122 valence electrons. The van der Waals surface area contributed by atoms with Crippen LogP contribution in [0.3, 0.4) is 0 Å². The summed E-state index contributed by atoms with van der Waals surface area (Å²) in [6, 6.07) is 5.77. The average molecular weight is 314 g/mol. The molecule has 2 N–H and O–H groups in total. The summed E-state index contributed by atoms with van der Waals surface area (Å²) in [5.41, 5.74) is 2.97. The molecule has 0 spiro atoms. The van der Waals surface area contributed by atoms with E-state index in [0.29, 0.717) is 6.54 Å². The van der Waals surface area contributed by atoms with Crippen molar-refractivity contribution >= 4 is 17.5 Å². The molecule has 2 saturated heterocycles. The largest absolute Gasteiger partial charge is 0.369 e. The molecule has 1 atom stereocenters. The van der Waals surface area contributed by atoms with E-state index < -0.39 is 0 Å². The van der Waals surface area contributed by atoms with Gasteiger partial charge in [-0.25, -0.2) is 0 Å². The second-order valence-electron chi connectivity index (χ2n) is 6.46. The molecule has 2 fully saturated rings. The van der Waals surface area contributed by atoms with Crippen LogP contribution in [0.15, 0.2) is 18.2 Å². The van der Waals surface area contributed by atoms with Crippen LogP contribution in [0.4, 0.5) is 5.69 Å². The van der Waals surface area contributed by atoms with Gasteiger partial charge in [-0.15, -0.1) is 0 Å². The van der Waals surface area contributed by atoms with E-state index in [1.807, 2.05) is 12.1 Å². The lowest BCUT2D eigenvalue weighted by Crippen LogP contribution is -2.50. The number of piperazine rings is 1. The quantitative estimate of drug-likeness (QED) is 0.826. The third-order valence-electron chi connectivity index (χ3n) is 5.04. The van der Waals surface area contributed by atoms with Gasteiger partial charge in [0.25, 0.3) is 5.91 Å². The zero-order valence-corrected chi connectivity index (χ0v) is 13.2. The van der Waals surface area contributed by atoms with Gasteiger partial charge in [-0.1, -0.05) is 0 Å². The first kappa shape index (κ1) is 14.5. The van der Waals surface area contributed by atoms with E-state index in [-0.39, 0.29) is 17.9 Å². The Morgan fingerprint density at radius 2 is 1.91 bits per heavy atom. The fourth-order valence-corrected chi connectivity index (χ4v) is 3.75. The van der Waals surface area contributed by atoms with Gasteiger partial charge in [0, 0.05) is 50.5 Å². The number of carbonyl (C=O) groups is 2. The minimum atomic E-state index is -0.314. The maximum atomic E-state index is 12.7. The van der Waals surface area contributed by atoms with Crippen molar-refractivity contribution in [1.29, 1.82) is 0 Å². The summed E-state index contributed by atoms with van der Waals surface area (Å²) in [6.45, 7) is 5.22. The zero-order chi connectivity index (χ0) is 15.8. The SMILES string of the molecule is O=C1NCCCC1N1Cc2cc(N3CCNCC3)ccc2C1=O. The number of hydrogen-bond donors (Lipinski definition) is 2. The summed E-state index contributed by atoms with van der Waals surface area (Å²) in [7, 11) is 0. The highest BCUT2D eigenvalue weighted by atomic mass is 16.2. The summed E-state index contributed by atoms with van der Waals surface area (Å²) in [6.07, 6.45) is 1.69. The fraction of sp³-hybridized carbons (Fsp3) is 0.529. The Bertz CT molecular complexity index is 639. The first-order valence-electron chi connectivity index (χ1n) is 8.41. The van der Waals surface area contributed by atoms with Crippen LogP contribution in [0.25, 0.3) is 0 Å². The monoisotopic (exact) mass is 314 g/mol. The molecular formula is C17H22N4O2. The highest BCUT2D eigenvalue weighted by Crippen LogP contribution is 2.30. The molecule has 1 aromatic carbocycles. The third-order valence-corrected chi connectivity index (χ3v) is 5.04. The normalized spacial score (nSPS) is 24.6. The number of hydrogen-bond acceptors (Lipinski definition) is 4. The van der Waals surface area contributed by atoms with Crippen molar-refractivity contribution in [3.8, 4) is 0 Å². The van der Waals surface area contributed by atoms with Crippen molar-refractivity contribution in [2.75, 3.05) is 37.6 Å². The molecule has 23 heavy (non-hydrogen) atoms. The number of carbonyl (C=O) groups excluding carboxylic acids is 2. The van der Waals surface area contributed by atoms with Gasteiger partial charge in [-0.05, 0) is 36.6 Å². The molecule has 0 radical (unpaired) electrons. The van der Waals surface area contributed by atoms with Crippen LogP contribution in [0.2, 0.25) is 0 Å². The van der Waals surface area contributed by atoms with Gasteiger partial charge in [0.2, 0.25) is 5.91 Å². The molecule has 6 heteroatoms. The van der Waals surface area contributed by atoms with Gasteiger partial charge in [0.05, 0.1) is 0 Å². The number of nitrogens with one attached hydrogen (secondary N) is 2. The van der Waals surface area contributed by atoms with E-state index in [4.69, 9.17) is 0 Å². The first-order chi connectivity index (χ1) is 11.2. The molecule has 3 aliphatic rings. The molecular weight excluding hydrogens is 292 g/mol. The van der Waals surface area contributed by atoms with Crippen LogP contribution in [-0.2, 0) is 11.3 Å². The molecule has 0 bridgehead atoms. The summed E-state index contributed by atoms with van der Waals surface area (Å²) >= 11 is 0. The van der Waals surface area contributed by atoms with Gasteiger partial charge in [0.1, 0.15) is 6.04 Å². The Labute approximate surface area is 135 Å². The van der Waals surface area contributed by atoms with Gasteiger partial charge in [0.15, 0.2) is 0 Å². The maximum absolute atomic E-state index is 12.7. The Hall–Kier alpha value is -2.08. The second-order valence-corrected chi connectivity index (χ2v) is 6.46. The Morgan fingerprint density at radius 3 is 2.70 bits per heavy atom. The number of benzene rings is 1. The van der Waals surface area contributed by atoms with Crippen molar-refractivity contribution in [2.45, 2.75) is 25.4 Å². The molecule has 3 heterocycles. The summed E-state index contributed by atoms with van der Waals surface area (Å²) in [5, 5.41) is 6.22. The van der Waals surface area contributed by atoms with Crippen LogP contribution in [0.5, 0.6) is 0 Å². The van der Waals surface area contributed by atoms with Crippen molar-refractivity contribution < 1.29 is 9.59 Å². The van der Waals surface area contributed by atoms with Crippen LogP contribution >= 0.6 is 0 Å². The molecule has 0 aliphatic carbocycles. The average Bonchev–Trinajstić information content (AvgIpc) is 2.92. The van der Waals surface area contributed by atoms with Gasteiger partial charge < -0.3 is 20.4 Å². The third kappa shape index (κ3) is 2.57. The summed E-state index contributed by atoms with van der Waals surface area (Å²) < 4.78 is 0. The molecule has 3 aliphatic heterocycles. The molecule has 1 aromatic rings. The van der Waals surface area contributed by atoms with Gasteiger partial charge in [-0.3, -0.25) is 9.59 Å². The van der Waals surface area contributed by atoms with E-state index >= 15 is 0 Å². The smallest absolute Gasteiger partial charge is 0.255 e. The minimum absolute atomic E-state index is 0.00564. The number of piperidine rings is 1. The number of rotatable bonds is 2. The standard InChI is InChI=1S/C17H22N4O2/c22-16-15(2-1-5-19-16)21-11-12-10-13(3-4-14(12)17(21)23)20-8-6-18-7-9-20/h3-4,10,15,18H,1-2,5-9,11H2,(H,19,22). The molecule has 2 amide bonds. The Morgan fingerprint density at radius 1 is 1.09 bits per heavy atom. The lowest BCUT2D eigenvalue weighted by atomic mass is 10.1. The van der Waals surface area contributed by atoms with E-state index in [0.717, 1.165) is 56.7 Å². The predicted molar refractivity (Wildman–Crippen MR) is 87.4 cm³/mol. The topological polar surface area (TPSA) is 64.7 Å². The lowest BCUT2D eigenvalue weighted by molar-refractivity contribution is -0.127. The van der Waals surface area contributed by atoms with Crippen LogP contribution in [0.1, 0.15) is 28.8 Å². The maximum Gasteiger partial charge on any atom is 0.255 e. The Kier molecular flexibility index (Phi) is 3.69. The lowest BCUT2D eigenvalue weighted by Gasteiger charge is -2.30. The van der Waals surface area contributed by atoms with Crippen molar-refractivity contribution in [1.82, 2.24) is 15.5 Å². The van der Waals surface area contributed by atoms with Crippen LogP contribution < -0.4 is 15.5 Å². The minimum Gasteiger partial charge on any atom is -0.369 e. The van der Waals surface area contributed by atoms with Crippen molar-refractivity contribution in [3.63, 3.8) is 0 Å². The molecule has 0 aromatic heterocycles. The van der Waals surface area contributed by atoms with E-state index in [2.05, 4.69) is 21.6 Å². The van der Waals surface area contributed by atoms with E-state index in [1.54, 1.807) is 4.90 Å². The Balaban J connectivity index is 1.57. The molecule has 4 rings (SSSR count). The van der Waals surface area contributed by atoms with Gasteiger partial charge >= 0.3 is 0 Å². The van der Waals surface area contributed by atoms with Crippen LogP contribution in [-0.4, -0.2) is 55.5 Å².